The third-order valence-corrected chi connectivity index (χ3v) is 2.90. The van der Waals surface area contributed by atoms with Crippen molar-refractivity contribution >= 4 is 11.0 Å². The van der Waals surface area contributed by atoms with Crippen LogP contribution < -0.4 is 0 Å². The molecule has 0 unspecified atom stereocenters. The highest BCUT2D eigenvalue weighted by molar-refractivity contribution is 5.78. The molecule has 2 rings (SSSR count). The molecular weight excluding hydrogens is 245 g/mol. The maximum atomic E-state index is 12.8. The molecule has 2 aromatic rings. The number of methoxy groups -OCH3 is 1. The first-order valence-corrected chi connectivity index (χ1v) is 5.36. The molecule has 0 atom stereocenters. The highest BCUT2D eigenvalue weighted by Crippen LogP contribution is 2.34. The van der Waals surface area contributed by atoms with Gasteiger partial charge in [0.2, 0.25) is 0 Å². The number of aryl methyl sites for hydroxylation is 2. The monoisotopic (exact) mass is 258 g/mol. The van der Waals surface area contributed by atoms with E-state index >= 15 is 0 Å². The fourth-order valence-electron chi connectivity index (χ4n) is 1.96. The summed E-state index contributed by atoms with van der Waals surface area (Å²) in [5, 5.41) is 0. The van der Waals surface area contributed by atoms with E-state index in [0.29, 0.717) is 16.9 Å². The van der Waals surface area contributed by atoms with Crippen LogP contribution in [-0.2, 0) is 24.6 Å². The molecule has 0 aliphatic heterocycles. The van der Waals surface area contributed by atoms with Crippen LogP contribution >= 0.6 is 0 Å². The van der Waals surface area contributed by atoms with Crippen molar-refractivity contribution in [3.63, 3.8) is 0 Å². The van der Waals surface area contributed by atoms with Crippen LogP contribution in [0.15, 0.2) is 12.1 Å². The first kappa shape index (κ1) is 12.9. The molecule has 0 radical (unpaired) electrons. The van der Waals surface area contributed by atoms with Crippen LogP contribution in [0.3, 0.4) is 0 Å². The topological polar surface area (TPSA) is 27.1 Å². The number of imidazole rings is 1. The Balaban J connectivity index is 2.65. The molecule has 0 saturated carbocycles. The second-order valence-electron chi connectivity index (χ2n) is 4.17. The zero-order valence-electron chi connectivity index (χ0n) is 10.3. The zero-order chi connectivity index (χ0) is 13.5. The summed E-state index contributed by atoms with van der Waals surface area (Å²) in [4.78, 5) is 4.16. The number of hydrogen-bond acceptors (Lipinski definition) is 2. The number of benzene rings is 1. The van der Waals surface area contributed by atoms with Gasteiger partial charge in [0.1, 0.15) is 12.4 Å². The molecule has 3 nitrogen and oxygen atoms in total. The Bertz CT molecular complexity index is 587. The molecule has 6 heteroatoms. The van der Waals surface area contributed by atoms with Crippen LogP contribution in [0.25, 0.3) is 11.0 Å². The van der Waals surface area contributed by atoms with Crippen molar-refractivity contribution in [1.29, 1.82) is 0 Å². The lowest BCUT2D eigenvalue weighted by Crippen LogP contribution is -2.07. The Morgan fingerprint density at radius 2 is 2.00 bits per heavy atom. The van der Waals surface area contributed by atoms with Crippen molar-refractivity contribution < 1.29 is 17.9 Å². The molecule has 0 amide bonds. The van der Waals surface area contributed by atoms with E-state index in [4.69, 9.17) is 4.74 Å². The van der Waals surface area contributed by atoms with Gasteiger partial charge in [-0.05, 0) is 24.6 Å². The molecular formula is C12H13F3N2O. The molecule has 0 saturated heterocycles. The lowest BCUT2D eigenvalue weighted by Gasteiger charge is -2.10. The largest absolute Gasteiger partial charge is 0.416 e. The first-order chi connectivity index (χ1) is 8.34. The first-order valence-electron chi connectivity index (χ1n) is 5.36. The quantitative estimate of drug-likeness (QED) is 0.827. The van der Waals surface area contributed by atoms with Gasteiger partial charge in [-0.25, -0.2) is 4.98 Å². The van der Waals surface area contributed by atoms with Crippen molar-refractivity contribution in [2.24, 2.45) is 7.05 Å². The van der Waals surface area contributed by atoms with Gasteiger partial charge in [0.25, 0.3) is 0 Å². The summed E-state index contributed by atoms with van der Waals surface area (Å²) in [6.07, 6.45) is -4.35. The molecule has 1 aromatic heterocycles. The predicted molar refractivity (Wildman–Crippen MR) is 61.2 cm³/mol. The Hall–Kier alpha value is -1.56. The van der Waals surface area contributed by atoms with Gasteiger partial charge in [-0.15, -0.1) is 0 Å². The van der Waals surface area contributed by atoms with Crippen molar-refractivity contribution in [1.82, 2.24) is 9.55 Å². The second kappa shape index (κ2) is 4.28. The summed E-state index contributed by atoms with van der Waals surface area (Å²) in [5.41, 5.74) is 0.564. The van der Waals surface area contributed by atoms with E-state index in [9.17, 15) is 13.2 Å². The number of halogens is 3. The fourth-order valence-corrected chi connectivity index (χ4v) is 1.96. The van der Waals surface area contributed by atoms with E-state index in [0.717, 1.165) is 6.07 Å². The minimum atomic E-state index is -4.35. The Kier molecular flexibility index (Phi) is 3.06. The van der Waals surface area contributed by atoms with Crippen molar-refractivity contribution in [2.45, 2.75) is 19.7 Å². The van der Waals surface area contributed by atoms with E-state index in [1.165, 1.54) is 20.1 Å². The molecule has 0 bridgehead atoms. The zero-order valence-corrected chi connectivity index (χ0v) is 10.3. The van der Waals surface area contributed by atoms with Crippen molar-refractivity contribution in [3.8, 4) is 0 Å². The lowest BCUT2D eigenvalue weighted by atomic mass is 10.1. The molecule has 18 heavy (non-hydrogen) atoms. The average molecular weight is 258 g/mol. The molecule has 0 fully saturated rings. The molecule has 1 aromatic carbocycles. The molecule has 1 heterocycles. The molecule has 0 aliphatic rings. The standard InChI is InChI=1S/C12H13F3N2O/c1-7-4-10-9(5-8(7)12(13,14)15)16-11(6-18-3)17(10)2/h4-5H,6H2,1-3H3. The van der Waals surface area contributed by atoms with Crippen LogP contribution in [0.5, 0.6) is 0 Å². The predicted octanol–water partition coefficient (Wildman–Crippen LogP) is 3.05. The van der Waals surface area contributed by atoms with Gasteiger partial charge in [0.05, 0.1) is 16.6 Å². The number of alkyl halides is 3. The summed E-state index contributed by atoms with van der Waals surface area (Å²) in [6.45, 7) is 1.72. The van der Waals surface area contributed by atoms with E-state index in [2.05, 4.69) is 4.98 Å². The van der Waals surface area contributed by atoms with Gasteiger partial charge in [-0.2, -0.15) is 13.2 Å². The number of hydrogen-bond donors (Lipinski definition) is 0. The Morgan fingerprint density at radius 3 is 2.56 bits per heavy atom. The lowest BCUT2D eigenvalue weighted by molar-refractivity contribution is -0.137. The number of rotatable bonds is 2. The number of aromatic nitrogens is 2. The van der Waals surface area contributed by atoms with E-state index in [-0.39, 0.29) is 12.2 Å². The second-order valence-corrected chi connectivity index (χ2v) is 4.17. The van der Waals surface area contributed by atoms with Gasteiger partial charge >= 0.3 is 6.18 Å². The average Bonchev–Trinajstić information content (AvgIpc) is 2.55. The van der Waals surface area contributed by atoms with Gasteiger partial charge in [0, 0.05) is 14.2 Å². The van der Waals surface area contributed by atoms with Gasteiger partial charge in [-0.1, -0.05) is 0 Å². The van der Waals surface area contributed by atoms with Gasteiger partial charge in [0.15, 0.2) is 0 Å². The number of ether oxygens (including phenoxy) is 1. The minimum absolute atomic E-state index is 0.196. The summed E-state index contributed by atoms with van der Waals surface area (Å²) in [6, 6.07) is 2.59. The smallest absolute Gasteiger partial charge is 0.377 e. The van der Waals surface area contributed by atoms with Crippen LogP contribution in [0.2, 0.25) is 0 Å². The van der Waals surface area contributed by atoms with E-state index < -0.39 is 11.7 Å². The van der Waals surface area contributed by atoms with Crippen molar-refractivity contribution in [2.75, 3.05) is 7.11 Å². The summed E-state index contributed by atoms with van der Waals surface area (Å²) < 4.78 is 45.0. The van der Waals surface area contributed by atoms with Gasteiger partial charge < -0.3 is 9.30 Å². The summed E-state index contributed by atoms with van der Waals surface area (Å²) in [7, 11) is 3.28. The molecule has 0 N–H and O–H groups in total. The third kappa shape index (κ3) is 2.08. The van der Waals surface area contributed by atoms with Crippen molar-refractivity contribution in [3.05, 3.63) is 29.1 Å². The molecule has 0 aliphatic carbocycles. The summed E-state index contributed by atoms with van der Waals surface area (Å²) >= 11 is 0. The number of fused-ring (bicyclic) bond motifs is 1. The van der Waals surface area contributed by atoms with Crippen LogP contribution in [-0.4, -0.2) is 16.7 Å². The Morgan fingerprint density at radius 1 is 1.33 bits per heavy atom. The van der Waals surface area contributed by atoms with Crippen LogP contribution in [0, 0.1) is 6.92 Å². The highest BCUT2D eigenvalue weighted by Gasteiger charge is 2.33. The van der Waals surface area contributed by atoms with Gasteiger partial charge in [-0.3, -0.25) is 0 Å². The fraction of sp³-hybridized carbons (Fsp3) is 0.417. The SMILES string of the molecule is COCc1nc2cc(C(F)(F)F)c(C)cc2n1C. The summed E-state index contributed by atoms with van der Waals surface area (Å²) in [5.74, 6) is 0.603. The minimum Gasteiger partial charge on any atom is -0.377 e. The molecule has 0 spiro atoms. The van der Waals surface area contributed by atoms with Crippen LogP contribution in [0.1, 0.15) is 17.0 Å². The highest BCUT2D eigenvalue weighted by atomic mass is 19.4. The normalized spacial score (nSPS) is 12.3. The molecule has 98 valence electrons. The Labute approximate surface area is 102 Å². The van der Waals surface area contributed by atoms with E-state index in [1.807, 2.05) is 0 Å². The number of nitrogens with zero attached hydrogens (tertiary/aromatic N) is 2. The maximum absolute atomic E-state index is 12.8. The maximum Gasteiger partial charge on any atom is 0.416 e. The van der Waals surface area contributed by atoms with Crippen LogP contribution in [0.4, 0.5) is 13.2 Å². The third-order valence-electron chi connectivity index (χ3n) is 2.90. The van der Waals surface area contributed by atoms with E-state index in [1.54, 1.807) is 11.6 Å².